The van der Waals surface area contributed by atoms with Crippen molar-refractivity contribution in [3.8, 4) is 0 Å². The Morgan fingerprint density at radius 3 is 2.52 bits per heavy atom. The first-order valence-corrected chi connectivity index (χ1v) is 7.30. The number of carbonyl (C=O) groups is 3. The molecule has 2 atom stereocenters. The van der Waals surface area contributed by atoms with E-state index in [-0.39, 0.29) is 18.9 Å². The normalized spacial score (nSPS) is 20.5. The van der Waals surface area contributed by atoms with Crippen LogP contribution in [0.15, 0.2) is 36.4 Å². The fraction of sp³-hybridized carbons (Fsp3) is 0.353. The Morgan fingerprint density at radius 1 is 1.22 bits per heavy atom. The molecule has 23 heavy (non-hydrogen) atoms. The number of benzene rings is 1. The molecule has 0 unspecified atom stereocenters. The summed E-state index contributed by atoms with van der Waals surface area (Å²) >= 11 is 0. The number of likely N-dealkylation sites (tertiary alicyclic amines) is 1. The van der Waals surface area contributed by atoms with E-state index in [9.17, 15) is 14.4 Å². The summed E-state index contributed by atoms with van der Waals surface area (Å²) in [5.41, 5.74) is 0.881. The highest BCUT2D eigenvalue weighted by molar-refractivity contribution is 5.95. The van der Waals surface area contributed by atoms with E-state index in [2.05, 4.69) is 0 Å². The number of amides is 1. The van der Waals surface area contributed by atoms with Crippen molar-refractivity contribution in [2.45, 2.75) is 25.5 Å². The SMILES string of the molecule is COC(=O)[C@@H]1C[C@H](OC(C)=O)CN1C(=O)/C=C/c1ccccc1. The Morgan fingerprint density at radius 2 is 1.91 bits per heavy atom. The van der Waals surface area contributed by atoms with Crippen LogP contribution in [0.5, 0.6) is 0 Å². The van der Waals surface area contributed by atoms with E-state index >= 15 is 0 Å². The number of methoxy groups -OCH3 is 1. The lowest BCUT2D eigenvalue weighted by Crippen LogP contribution is -2.40. The van der Waals surface area contributed by atoms with Gasteiger partial charge in [0.25, 0.3) is 0 Å². The van der Waals surface area contributed by atoms with Gasteiger partial charge in [-0.05, 0) is 11.6 Å². The zero-order valence-electron chi connectivity index (χ0n) is 13.1. The van der Waals surface area contributed by atoms with Crippen LogP contribution >= 0.6 is 0 Å². The second-order valence-electron chi connectivity index (χ2n) is 5.24. The summed E-state index contributed by atoms with van der Waals surface area (Å²) < 4.78 is 9.85. The van der Waals surface area contributed by atoms with Gasteiger partial charge in [-0.15, -0.1) is 0 Å². The first kappa shape index (κ1) is 16.7. The molecule has 6 heteroatoms. The van der Waals surface area contributed by atoms with Gasteiger partial charge < -0.3 is 14.4 Å². The second-order valence-corrected chi connectivity index (χ2v) is 5.24. The van der Waals surface area contributed by atoms with E-state index in [0.717, 1.165) is 5.56 Å². The molecule has 1 aromatic rings. The fourth-order valence-electron chi connectivity index (χ4n) is 2.55. The lowest BCUT2D eigenvalue weighted by molar-refractivity contribution is -0.149. The summed E-state index contributed by atoms with van der Waals surface area (Å²) in [4.78, 5) is 36.7. The number of esters is 2. The predicted octanol–water partition coefficient (Wildman–Crippen LogP) is 1.41. The topological polar surface area (TPSA) is 72.9 Å². The molecule has 0 bridgehead atoms. The average molecular weight is 317 g/mol. The van der Waals surface area contributed by atoms with Crippen LogP contribution in [0.4, 0.5) is 0 Å². The first-order valence-electron chi connectivity index (χ1n) is 7.30. The maximum Gasteiger partial charge on any atom is 0.328 e. The Hall–Kier alpha value is -2.63. The van der Waals surface area contributed by atoms with Gasteiger partial charge in [-0.1, -0.05) is 30.3 Å². The fourth-order valence-corrected chi connectivity index (χ4v) is 2.55. The van der Waals surface area contributed by atoms with Crippen molar-refractivity contribution in [3.63, 3.8) is 0 Å². The highest BCUT2D eigenvalue weighted by Crippen LogP contribution is 2.22. The van der Waals surface area contributed by atoms with Crippen LogP contribution in [0.2, 0.25) is 0 Å². The molecular weight excluding hydrogens is 298 g/mol. The van der Waals surface area contributed by atoms with Crippen molar-refractivity contribution in [2.75, 3.05) is 13.7 Å². The van der Waals surface area contributed by atoms with Crippen LogP contribution in [0.3, 0.4) is 0 Å². The maximum absolute atomic E-state index is 12.4. The molecule has 1 fully saturated rings. The number of ether oxygens (including phenoxy) is 2. The molecule has 0 saturated carbocycles. The lowest BCUT2D eigenvalue weighted by Gasteiger charge is -2.20. The Bertz CT molecular complexity index is 611. The van der Waals surface area contributed by atoms with E-state index in [0.29, 0.717) is 0 Å². The summed E-state index contributed by atoms with van der Waals surface area (Å²) in [7, 11) is 1.27. The molecule has 0 aromatic heterocycles. The van der Waals surface area contributed by atoms with Gasteiger partial charge in [-0.25, -0.2) is 4.79 Å². The van der Waals surface area contributed by atoms with Gasteiger partial charge >= 0.3 is 11.9 Å². The maximum atomic E-state index is 12.4. The van der Waals surface area contributed by atoms with E-state index < -0.39 is 24.1 Å². The molecule has 0 spiro atoms. The van der Waals surface area contributed by atoms with Crippen molar-refractivity contribution in [3.05, 3.63) is 42.0 Å². The van der Waals surface area contributed by atoms with Gasteiger partial charge in [0, 0.05) is 19.4 Å². The first-order chi connectivity index (χ1) is 11.0. The smallest absolute Gasteiger partial charge is 0.328 e. The van der Waals surface area contributed by atoms with Gasteiger partial charge in [-0.2, -0.15) is 0 Å². The number of hydrogen-bond acceptors (Lipinski definition) is 5. The van der Waals surface area contributed by atoms with Crippen molar-refractivity contribution in [1.82, 2.24) is 4.90 Å². The molecule has 1 saturated heterocycles. The Balaban J connectivity index is 2.10. The van der Waals surface area contributed by atoms with E-state index in [1.54, 1.807) is 6.08 Å². The molecule has 0 N–H and O–H groups in total. The minimum atomic E-state index is -0.739. The molecule has 1 amide bonds. The zero-order valence-corrected chi connectivity index (χ0v) is 13.1. The Kier molecular flexibility index (Phi) is 5.51. The summed E-state index contributed by atoms with van der Waals surface area (Å²) in [5, 5.41) is 0. The number of hydrogen-bond donors (Lipinski definition) is 0. The minimum absolute atomic E-state index is 0.178. The lowest BCUT2D eigenvalue weighted by atomic mass is 10.2. The monoisotopic (exact) mass is 317 g/mol. The molecule has 1 heterocycles. The van der Waals surface area contributed by atoms with Crippen LogP contribution in [0, 0.1) is 0 Å². The summed E-state index contributed by atoms with van der Waals surface area (Å²) in [5.74, 6) is -1.27. The van der Waals surface area contributed by atoms with E-state index in [1.807, 2.05) is 30.3 Å². The number of nitrogens with zero attached hydrogens (tertiary/aromatic N) is 1. The van der Waals surface area contributed by atoms with Crippen molar-refractivity contribution in [2.24, 2.45) is 0 Å². The molecule has 2 rings (SSSR count). The second kappa shape index (κ2) is 7.58. The van der Waals surface area contributed by atoms with Crippen LogP contribution in [-0.2, 0) is 23.9 Å². The standard InChI is InChI=1S/C17H19NO5/c1-12(19)23-14-10-15(17(21)22-2)18(11-14)16(20)9-8-13-6-4-3-5-7-13/h3-9,14-15H,10-11H2,1-2H3/b9-8+/t14-,15-/m0/s1. The molecule has 0 radical (unpaired) electrons. The highest BCUT2D eigenvalue weighted by Gasteiger charge is 2.41. The van der Waals surface area contributed by atoms with Crippen LogP contribution in [0.25, 0.3) is 6.08 Å². The predicted molar refractivity (Wildman–Crippen MR) is 83.2 cm³/mol. The number of carbonyl (C=O) groups excluding carboxylic acids is 3. The van der Waals surface area contributed by atoms with Gasteiger partial charge in [0.2, 0.25) is 5.91 Å². The van der Waals surface area contributed by atoms with Crippen molar-refractivity contribution >= 4 is 23.9 Å². The zero-order chi connectivity index (χ0) is 16.8. The molecule has 6 nitrogen and oxygen atoms in total. The summed E-state index contributed by atoms with van der Waals surface area (Å²) in [6, 6.07) is 8.62. The quantitative estimate of drug-likeness (QED) is 0.620. The summed E-state index contributed by atoms with van der Waals surface area (Å²) in [6.45, 7) is 1.48. The van der Waals surface area contributed by atoms with E-state index in [4.69, 9.17) is 9.47 Å². The van der Waals surface area contributed by atoms with Crippen LogP contribution < -0.4 is 0 Å². The highest BCUT2D eigenvalue weighted by atomic mass is 16.5. The third-order valence-electron chi connectivity index (χ3n) is 3.57. The molecule has 1 aliphatic heterocycles. The minimum Gasteiger partial charge on any atom is -0.467 e. The third kappa shape index (κ3) is 4.42. The van der Waals surface area contributed by atoms with Crippen molar-refractivity contribution < 1.29 is 23.9 Å². The van der Waals surface area contributed by atoms with Crippen molar-refractivity contribution in [1.29, 1.82) is 0 Å². The third-order valence-corrected chi connectivity index (χ3v) is 3.57. The van der Waals surface area contributed by atoms with Gasteiger partial charge in [0.05, 0.1) is 13.7 Å². The molecule has 1 aromatic carbocycles. The molecule has 0 aliphatic carbocycles. The van der Waals surface area contributed by atoms with Gasteiger partial charge in [-0.3, -0.25) is 9.59 Å². The summed E-state index contributed by atoms with van der Waals surface area (Å²) in [6.07, 6.45) is 2.83. The van der Waals surface area contributed by atoms with Crippen LogP contribution in [0.1, 0.15) is 18.9 Å². The molecule has 1 aliphatic rings. The molecular formula is C17H19NO5. The largest absolute Gasteiger partial charge is 0.467 e. The molecule has 122 valence electrons. The van der Waals surface area contributed by atoms with Gasteiger partial charge in [0.1, 0.15) is 12.1 Å². The average Bonchev–Trinajstić information content (AvgIpc) is 2.96. The van der Waals surface area contributed by atoms with Crippen LogP contribution in [-0.4, -0.2) is 48.5 Å². The van der Waals surface area contributed by atoms with E-state index in [1.165, 1.54) is 25.0 Å². The Labute approximate surface area is 134 Å². The van der Waals surface area contributed by atoms with Gasteiger partial charge in [0.15, 0.2) is 0 Å². The number of rotatable bonds is 4.